The molecule has 4 heteroatoms. The molecule has 1 unspecified atom stereocenters. The van der Waals surface area contributed by atoms with Crippen LogP contribution in [0.15, 0.2) is 0 Å². The molecular formula is C5H10Br2O2. The number of rotatable bonds is 3. The van der Waals surface area contributed by atoms with Gasteiger partial charge >= 0.3 is 0 Å². The van der Waals surface area contributed by atoms with Crippen LogP contribution in [0, 0.1) is 5.92 Å². The van der Waals surface area contributed by atoms with Gasteiger partial charge in [-0.15, -0.1) is 0 Å². The van der Waals surface area contributed by atoms with E-state index in [1.807, 2.05) is 0 Å². The van der Waals surface area contributed by atoms with Gasteiger partial charge in [0.15, 0.2) is 5.79 Å². The molecule has 0 bridgehead atoms. The zero-order chi connectivity index (χ0) is 7.49. The van der Waals surface area contributed by atoms with E-state index >= 15 is 0 Å². The summed E-state index contributed by atoms with van der Waals surface area (Å²) in [7, 11) is 0. The third-order valence-electron chi connectivity index (χ3n) is 1.22. The summed E-state index contributed by atoms with van der Waals surface area (Å²) in [6.07, 6.45) is 0. The van der Waals surface area contributed by atoms with Gasteiger partial charge in [-0.25, -0.2) is 0 Å². The van der Waals surface area contributed by atoms with Crippen LogP contribution < -0.4 is 0 Å². The number of halogens is 2. The molecule has 0 aromatic carbocycles. The second-order valence-corrected chi connectivity index (χ2v) is 3.28. The lowest BCUT2D eigenvalue weighted by Crippen LogP contribution is -2.38. The van der Waals surface area contributed by atoms with Crippen LogP contribution in [-0.4, -0.2) is 26.7 Å². The van der Waals surface area contributed by atoms with Gasteiger partial charge in [-0.05, 0) is 0 Å². The van der Waals surface area contributed by atoms with Crippen LogP contribution in [0.1, 0.15) is 6.92 Å². The maximum absolute atomic E-state index is 9.07. The van der Waals surface area contributed by atoms with Gasteiger partial charge in [0.2, 0.25) is 0 Å². The SMILES string of the molecule is CC(CBr)C(O)(O)CBr. The highest BCUT2D eigenvalue weighted by Gasteiger charge is 2.28. The third kappa shape index (κ3) is 2.98. The van der Waals surface area contributed by atoms with Crippen molar-refractivity contribution in [2.24, 2.45) is 5.92 Å². The van der Waals surface area contributed by atoms with E-state index in [2.05, 4.69) is 31.9 Å². The average Bonchev–Trinajstić information content (AvgIpc) is 1.86. The summed E-state index contributed by atoms with van der Waals surface area (Å²) in [4.78, 5) is 0. The zero-order valence-corrected chi connectivity index (χ0v) is 8.31. The molecule has 0 aromatic rings. The minimum Gasteiger partial charge on any atom is -0.365 e. The van der Waals surface area contributed by atoms with Crippen LogP contribution in [0.5, 0.6) is 0 Å². The highest BCUT2D eigenvalue weighted by atomic mass is 79.9. The molecule has 0 radical (unpaired) electrons. The molecule has 0 saturated carbocycles. The van der Waals surface area contributed by atoms with E-state index in [1.165, 1.54) is 0 Å². The maximum Gasteiger partial charge on any atom is 0.175 e. The summed E-state index contributed by atoms with van der Waals surface area (Å²) in [5.41, 5.74) is 0. The molecule has 56 valence electrons. The van der Waals surface area contributed by atoms with Crippen LogP contribution in [0.2, 0.25) is 0 Å². The summed E-state index contributed by atoms with van der Waals surface area (Å²) in [5.74, 6) is -1.74. The molecule has 0 saturated heterocycles. The minimum atomic E-state index is -1.58. The van der Waals surface area contributed by atoms with Crippen molar-refractivity contribution in [3.05, 3.63) is 0 Å². The predicted octanol–water partition coefficient (Wildman–Crippen LogP) is 1.09. The Bertz CT molecular complexity index is 85.0. The van der Waals surface area contributed by atoms with E-state index in [-0.39, 0.29) is 11.2 Å². The van der Waals surface area contributed by atoms with Crippen molar-refractivity contribution in [1.82, 2.24) is 0 Å². The van der Waals surface area contributed by atoms with Crippen LogP contribution in [0.4, 0.5) is 0 Å². The van der Waals surface area contributed by atoms with Gasteiger partial charge in [-0.1, -0.05) is 38.8 Å². The Labute approximate surface area is 71.5 Å². The standard InChI is InChI=1S/C5H10Br2O2/c1-4(2-6)5(8,9)3-7/h4,8-9H,2-3H2,1H3. The van der Waals surface area contributed by atoms with Crippen LogP contribution in [0.25, 0.3) is 0 Å². The Hall–Kier alpha value is 0.880. The van der Waals surface area contributed by atoms with Crippen molar-refractivity contribution in [1.29, 1.82) is 0 Å². The van der Waals surface area contributed by atoms with Gasteiger partial charge in [0, 0.05) is 11.2 Å². The molecule has 2 nitrogen and oxygen atoms in total. The van der Waals surface area contributed by atoms with Gasteiger partial charge in [-0.2, -0.15) is 0 Å². The molecule has 0 spiro atoms. The lowest BCUT2D eigenvalue weighted by atomic mass is 10.1. The van der Waals surface area contributed by atoms with E-state index < -0.39 is 5.79 Å². The quantitative estimate of drug-likeness (QED) is 0.590. The van der Waals surface area contributed by atoms with E-state index in [4.69, 9.17) is 10.2 Å². The average molecular weight is 262 g/mol. The summed E-state index contributed by atoms with van der Waals surface area (Å²) in [5, 5.41) is 18.9. The fourth-order valence-corrected chi connectivity index (χ4v) is 1.33. The second-order valence-electron chi connectivity index (χ2n) is 2.07. The molecule has 0 aliphatic heterocycles. The van der Waals surface area contributed by atoms with Crippen molar-refractivity contribution in [2.45, 2.75) is 12.7 Å². The summed E-state index contributed by atoms with van der Waals surface area (Å²) < 4.78 is 0. The molecule has 0 aliphatic rings. The van der Waals surface area contributed by atoms with Crippen LogP contribution >= 0.6 is 31.9 Å². The van der Waals surface area contributed by atoms with Crippen molar-refractivity contribution < 1.29 is 10.2 Å². The van der Waals surface area contributed by atoms with Crippen LogP contribution in [0.3, 0.4) is 0 Å². The van der Waals surface area contributed by atoms with Crippen molar-refractivity contribution in [2.75, 3.05) is 10.7 Å². The Balaban J connectivity index is 3.80. The molecule has 9 heavy (non-hydrogen) atoms. The van der Waals surface area contributed by atoms with E-state index in [9.17, 15) is 0 Å². The minimum absolute atomic E-state index is 0.156. The highest BCUT2D eigenvalue weighted by molar-refractivity contribution is 9.09. The molecular weight excluding hydrogens is 252 g/mol. The first-order valence-electron chi connectivity index (χ1n) is 2.61. The monoisotopic (exact) mass is 260 g/mol. The lowest BCUT2D eigenvalue weighted by Gasteiger charge is -2.24. The molecule has 1 atom stereocenters. The molecule has 0 aromatic heterocycles. The highest BCUT2D eigenvalue weighted by Crippen LogP contribution is 2.17. The summed E-state index contributed by atoms with van der Waals surface area (Å²) >= 11 is 6.14. The van der Waals surface area contributed by atoms with E-state index in [1.54, 1.807) is 6.92 Å². The topological polar surface area (TPSA) is 40.5 Å². The Kier molecular flexibility index (Phi) is 4.29. The molecule has 0 rings (SSSR count). The number of aliphatic hydroxyl groups is 2. The van der Waals surface area contributed by atoms with E-state index in [0.717, 1.165) is 0 Å². The largest absolute Gasteiger partial charge is 0.365 e. The molecule has 0 aliphatic carbocycles. The predicted molar refractivity (Wildman–Crippen MR) is 43.9 cm³/mol. The van der Waals surface area contributed by atoms with Gasteiger partial charge in [0.25, 0.3) is 0 Å². The van der Waals surface area contributed by atoms with Crippen molar-refractivity contribution in [3.8, 4) is 0 Å². The molecule has 0 fully saturated rings. The summed E-state index contributed by atoms with van der Waals surface area (Å²) in [6, 6.07) is 0. The fraction of sp³-hybridized carbons (Fsp3) is 1.00. The maximum atomic E-state index is 9.07. The van der Waals surface area contributed by atoms with Gasteiger partial charge < -0.3 is 10.2 Å². The number of alkyl halides is 2. The molecule has 2 N–H and O–H groups in total. The van der Waals surface area contributed by atoms with Gasteiger partial charge in [0.05, 0.1) is 5.33 Å². The van der Waals surface area contributed by atoms with Gasteiger partial charge in [-0.3, -0.25) is 0 Å². The number of hydrogen-bond acceptors (Lipinski definition) is 2. The second kappa shape index (κ2) is 3.91. The van der Waals surface area contributed by atoms with Crippen molar-refractivity contribution in [3.63, 3.8) is 0 Å². The third-order valence-corrected chi connectivity index (χ3v) is 3.01. The normalized spacial score (nSPS) is 15.7. The first-order chi connectivity index (χ1) is 4.04. The Morgan fingerprint density at radius 3 is 2.00 bits per heavy atom. The first-order valence-corrected chi connectivity index (χ1v) is 4.85. The van der Waals surface area contributed by atoms with Crippen molar-refractivity contribution >= 4 is 31.9 Å². The first kappa shape index (κ1) is 9.88. The number of hydrogen-bond donors (Lipinski definition) is 2. The lowest BCUT2D eigenvalue weighted by molar-refractivity contribution is -0.169. The van der Waals surface area contributed by atoms with Crippen LogP contribution in [-0.2, 0) is 0 Å². The van der Waals surface area contributed by atoms with Gasteiger partial charge in [0.1, 0.15) is 0 Å². The summed E-state index contributed by atoms with van der Waals surface area (Å²) in [6.45, 7) is 1.76. The zero-order valence-electron chi connectivity index (χ0n) is 5.14. The Morgan fingerprint density at radius 2 is 1.89 bits per heavy atom. The smallest absolute Gasteiger partial charge is 0.175 e. The Morgan fingerprint density at radius 1 is 1.44 bits per heavy atom. The molecule has 0 amide bonds. The van der Waals surface area contributed by atoms with E-state index in [0.29, 0.717) is 5.33 Å². The fourth-order valence-electron chi connectivity index (χ4n) is 0.255. The molecule has 0 heterocycles.